The molecule has 17 heavy (non-hydrogen) atoms. The largest absolute Gasteiger partial charge is 0.324 e. The third kappa shape index (κ3) is 4.91. The molecule has 0 aliphatic rings. The smallest absolute Gasteiger partial charge is 0.0297 e. The van der Waals surface area contributed by atoms with Gasteiger partial charge in [-0.2, -0.15) is 0 Å². The summed E-state index contributed by atoms with van der Waals surface area (Å²) < 4.78 is 0. The second kappa shape index (κ2) is 6.20. The SMILES string of the molecule is CCc1ccccc1C(N)CCCC(C)(C)C. The molecule has 0 bridgehead atoms. The first-order valence-corrected chi connectivity index (χ1v) is 6.77. The fourth-order valence-corrected chi connectivity index (χ4v) is 2.23. The average molecular weight is 233 g/mol. The molecule has 1 aromatic carbocycles. The zero-order chi connectivity index (χ0) is 12.9. The number of rotatable bonds is 5. The molecule has 0 saturated carbocycles. The van der Waals surface area contributed by atoms with Gasteiger partial charge in [-0.3, -0.25) is 0 Å². The number of nitrogens with two attached hydrogens (primary N) is 1. The molecule has 1 atom stereocenters. The Bertz CT molecular complexity index is 336. The Kier molecular flexibility index (Phi) is 5.20. The standard InChI is InChI=1S/C16H27N/c1-5-13-9-6-7-10-14(13)15(17)11-8-12-16(2,3)4/h6-7,9-10,15H,5,8,11-12,17H2,1-4H3. The van der Waals surface area contributed by atoms with E-state index in [0.717, 1.165) is 12.8 Å². The lowest BCUT2D eigenvalue weighted by molar-refractivity contribution is 0.353. The van der Waals surface area contributed by atoms with Gasteiger partial charge in [-0.25, -0.2) is 0 Å². The van der Waals surface area contributed by atoms with Crippen LogP contribution in [0.25, 0.3) is 0 Å². The molecule has 1 rings (SSSR count). The topological polar surface area (TPSA) is 26.0 Å². The van der Waals surface area contributed by atoms with Crippen LogP contribution in [0, 0.1) is 5.41 Å². The molecular weight excluding hydrogens is 206 g/mol. The van der Waals surface area contributed by atoms with Gasteiger partial charge in [0.05, 0.1) is 0 Å². The van der Waals surface area contributed by atoms with Gasteiger partial charge in [0.1, 0.15) is 0 Å². The second-order valence-corrected chi connectivity index (χ2v) is 6.11. The van der Waals surface area contributed by atoms with Crippen molar-refractivity contribution in [1.29, 1.82) is 0 Å². The van der Waals surface area contributed by atoms with Crippen LogP contribution in [0.2, 0.25) is 0 Å². The maximum Gasteiger partial charge on any atom is 0.0297 e. The Morgan fingerprint density at radius 2 is 1.82 bits per heavy atom. The highest BCUT2D eigenvalue weighted by atomic mass is 14.6. The van der Waals surface area contributed by atoms with E-state index < -0.39 is 0 Å². The van der Waals surface area contributed by atoms with E-state index in [2.05, 4.69) is 52.0 Å². The summed E-state index contributed by atoms with van der Waals surface area (Å²) in [5.41, 5.74) is 9.46. The first kappa shape index (κ1) is 14.2. The van der Waals surface area contributed by atoms with E-state index in [0.29, 0.717) is 5.41 Å². The van der Waals surface area contributed by atoms with Crippen molar-refractivity contribution < 1.29 is 0 Å². The maximum absolute atomic E-state index is 6.30. The highest BCUT2D eigenvalue weighted by Crippen LogP contribution is 2.26. The van der Waals surface area contributed by atoms with Crippen molar-refractivity contribution in [2.45, 2.75) is 59.4 Å². The van der Waals surface area contributed by atoms with Crippen LogP contribution in [-0.2, 0) is 6.42 Å². The maximum atomic E-state index is 6.30. The Morgan fingerprint density at radius 1 is 1.18 bits per heavy atom. The monoisotopic (exact) mass is 233 g/mol. The zero-order valence-electron chi connectivity index (χ0n) is 11.8. The van der Waals surface area contributed by atoms with Crippen LogP contribution < -0.4 is 5.73 Å². The quantitative estimate of drug-likeness (QED) is 0.798. The van der Waals surface area contributed by atoms with Gasteiger partial charge in [-0.1, -0.05) is 58.4 Å². The number of aryl methyl sites for hydroxylation is 1. The molecule has 1 heteroatoms. The molecule has 0 heterocycles. The molecule has 1 aromatic rings. The van der Waals surface area contributed by atoms with Gasteiger partial charge in [-0.05, 0) is 35.8 Å². The third-order valence-corrected chi connectivity index (χ3v) is 3.28. The number of hydrogen-bond donors (Lipinski definition) is 1. The second-order valence-electron chi connectivity index (χ2n) is 6.11. The first-order chi connectivity index (χ1) is 7.94. The van der Waals surface area contributed by atoms with Crippen molar-refractivity contribution in [2.75, 3.05) is 0 Å². The fraction of sp³-hybridized carbons (Fsp3) is 0.625. The van der Waals surface area contributed by atoms with Gasteiger partial charge in [0.25, 0.3) is 0 Å². The van der Waals surface area contributed by atoms with Crippen LogP contribution in [0.4, 0.5) is 0 Å². The molecule has 1 unspecified atom stereocenters. The number of hydrogen-bond acceptors (Lipinski definition) is 1. The lowest BCUT2D eigenvalue weighted by atomic mass is 9.87. The first-order valence-electron chi connectivity index (χ1n) is 6.77. The summed E-state index contributed by atoms with van der Waals surface area (Å²) in [6.07, 6.45) is 4.62. The Balaban J connectivity index is 2.55. The van der Waals surface area contributed by atoms with E-state index in [1.165, 1.54) is 24.0 Å². The summed E-state index contributed by atoms with van der Waals surface area (Å²) in [4.78, 5) is 0. The Hall–Kier alpha value is -0.820. The lowest BCUT2D eigenvalue weighted by Gasteiger charge is -2.20. The minimum atomic E-state index is 0.202. The highest BCUT2D eigenvalue weighted by Gasteiger charge is 2.13. The molecule has 96 valence electrons. The van der Waals surface area contributed by atoms with E-state index in [-0.39, 0.29) is 6.04 Å². The van der Waals surface area contributed by atoms with Gasteiger partial charge in [-0.15, -0.1) is 0 Å². The van der Waals surface area contributed by atoms with Gasteiger partial charge in [0.15, 0.2) is 0 Å². The van der Waals surface area contributed by atoms with E-state index in [9.17, 15) is 0 Å². The van der Waals surface area contributed by atoms with E-state index in [1.807, 2.05) is 0 Å². The summed E-state index contributed by atoms with van der Waals surface area (Å²) in [6, 6.07) is 8.77. The molecule has 0 radical (unpaired) electrons. The van der Waals surface area contributed by atoms with Crippen LogP contribution in [0.1, 0.15) is 64.1 Å². The lowest BCUT2D eigenvalue weighted by Crippen LogP contribution is -2.14. The average Bonchev–Trinajstić information content (AvgIpc) is 2.27. The normalized spacial score (nSPS) is 13.7. The van der Waals surface area contributed by atoms with E-state index >= 15 is 0 Å². The van der Waals surface area contributed by atoms with Crippen molar-refractivity contribution in [2.24, 2.45) is 11.1 Å². The molecule has 0 aromatic heterocycles. The predicted octanol–water partition coefficient (Wildman–Crippen LogP) is 4.47. The summed E-state index contributed by atoms with van der Waals surface area (Å²) in [7, 11) is 0. The molecule has 0 amide bonds. The van der Waals surface area contributed by atoms with Crippen molar-refractivity contribution in [3.63, 3.8) is 0 Å². The molecule has 1 nitrogen and oxygen atoms in total. The van der Waals surface area contributed by atoms with Gasteiger partial charge < -0.3 is 5.73 Å². The highest BCUT2D eigenvalue weighted by molar-refractivity contribution is 5.29. The summed E-state index contributed by atoms with van der Waals surface area (Å²) in [6.45, 7) is 9.07. The number of benzene rings is 1. The summed E-state index contributed by atoms with van der Waals surface area (Å²) >= 11 is 0. The summed E-state index contributed by atoms with van der Waals surface area (Å²) in [5, 5.41) is 0. The molecule has 2 N–H and O–H groups in total. The van der Waals surface area contributed by atoms with Crippen molar-refractivity contribution in [1.82, 2.24) is 0 Å². The molecule has 0 fully saturated rings. The van der Waals surface area contributed by atoms with E-state index in [4.69, 9.17) is 5.73 Å². The molecular formula is C16H27N. The van der Waals surface area contributed by atoms with Gasteiger partial charge in [0.2, 0.25) is 0 Å². The molecule has 0 spiro atoms. The van der Waals surface area contributed by atoms with Crippen LogP contribution in [0.3, 0.4) is 0 Å². The van der Waals surface area contributed by atoms with E-state index in [1.54, 1.807) is 0 Å². The van der Waals surface area contributed by atoms with Crippen molar-refractivity contribution >= 4 is 0 Å². The predicted molar refractivity (Wildman–Crippen MR) is 76.1 cm³/mol. The van der Waals surface area contributed by atoms with Crippen LogP contribution in [0.5, 0.6) is 0 Å². The molecule has 0 aliphatic carbocycles. The Morgan fingerprint density at radius 3 is 2.41 bits per heavy atom. The third-order valence-electron chi connectivity index (χ3n) is 3.28. The summed E-state index contributed by atoms with van der Waals surface area (Å²) in [5.74, 6) is 0. The van der Waals surface area contributed by atoms with Crippen molar-refractivity contribution in [3.8, 4) is 0 Å². The Labute approximate surface area is 106 Å². The van der Waals surface area contributed by atoms with Crippen LogP contribution in [0.15, 0.2) is 24.3 Å². The molecule has 0 saturated heterocycles. The van der Waals surface area contributed by atoms with Gasteiger partial charge >= 0.3 is 0 Å². The minimum absolute atomic E-state index is 0.202. The van der Waals surface area contributed by atoms with Crippen LogP contribution >= 0.6 is 0 Å². The minimum Gasteiger partial charge on any atom is -0.324 e. The van der Waals surface area contributed by atoms with Crippen molar-refractivity contribution in [3.05, 3.63) is 35.4 Å². The van der Waals surface area contributed by atoms with Gasteiger partial charge in [0, 0.05) is 6.04 Å². The molecule has 0 aliphatic heterocycles. The zero-order valence-corrected chi connectivity index (χ0v) is 11.8. The fourth-order valence-electron chi connectivity index (χ4n) is 2.23. The van der Waals surface area contributed by atoms with Crippen LogP contribution in [-0.4, -0.2) is 0 Å².